The van der Waals surface area contributed by atoms with Gasteiger partial charge >= 0.3 is 0 Å². The summed E-state index contributed by atoms with van der Waals surface area (Å²) in [6, 6.07) is 7.24. The van der Waals surface area contributed by atoms with Gasteiger partial charge in [0.25, 0.3) is 0 Å². The third-order valence-corrected chi connectivity index (χ3v) is 5.09. The average molecular weight is 297 g/mol. The maximum atomic E-state index is 11.3. The Balaban J connectivity index is 2.24. The normalized spacial score (nSPS) is 22.9. The van der Waals surface area contributed by atoms with Gasteiger partial charge in [-0.05, 0) is 56.5 Å². The molecule has 5 nitrogen and oxygen atoms in total. The van der Waals surface area contributed by atoms with E-state index in [2.05, 4.69) is 11.8 Å². The molecule has 4 N–H and O–H groups in total. The molecule has 0 amide bonds. The standard InChI is InChI=1S/C14H23N3O2S/c1-2-17(14-5-3-4-11(14)10-15)12-6-8-13(9-7-12)20(16,18)19/h6-9,11,14H,2-5,10,15H2,1H3,(H2,16,18,19). The second-order valence-electron chi connectivity index (χ2n) is 5.32. The molecule has 2 rings (SSSR count). The molecule has 0 aromatic heterocycles. The van der Waals surface area contributed by atoms with Gasteiger partial charge in [0.15, 0.2) is 0 Å². The Morgan fingerprint density at radius 3 is 2.40 bits per heavy atom. The van der Waals surface area contributed by atoms with E-state index >= 15 is 0 Å². The van der Waals surface area contributed by atoms with Gasteiger partial charge in [0.1, 0.15) is 0 Å². The molecule has 1 aromatic rings. The third-order valence-electron chi connectivity index (χ3n) is 4.16. The summed E-state index contributed by atoms with van der Waals surface area (Å²) in [5.41, 5.74) is 6.89. The van der Waals surface area contributed by atoms with Crippen molar-refractivity contribution in [3.8, 4) is 0 Å². The Hall–Kier alpha value is -1.11. The number of benzene rings is 1. The quantitative estimate of drug-likeness (QED) is 0.857. The smallest absolute Gasteiger partial charge is 0.238 e. The molecule has 1 fully saturated rings. The molecule has 2 atom stereocenters. The van der Waals surface area contributed by atoms with Crippen molar-refractivity contribution in [3.63, 3.8) is 0 Å². The second-order valence-corrected chi connectivity index (χ2v) is 6.88. The first-order valence-electron chi connectivity index (χ1n) is 7.07. The van der Waals surface area contributed by atoms with Crippen molar-refractivity contribution in [2.45, 2.75) is 37.1 Å². The molecule has 1 aliphatic carbocycles. The predicted octanol–water partition coefficient (Wildman–Crippen LogP) is 1.29. The number of hydrogen-bond donors (Lipinski definition) is 2. The molecule has 0 radical (unpaired) electrons. The maximum Gasteiger partial charge on any atom is 0.238 e. The molecule has 2 unspecified atom stereocenters. The van der Waals surface area contributed by atoms with Crippen LogP contribution in [0.15, 0.2) is 29.2 Å². The van der Waals surface area contributed by atoms with Crippen LogP contribution < -0.4 is 15.8 Å². The number of nitrogens with two attached hydrogens (primary N) is 2. The number of sulfonamides is 1. The first kappa shape index (κ1) is 15.3. The molecule has 1 aromatic carbocycles. The van der Waals surface area contributed by atoms with E-state index in [0.717, 1.165) is 18.7 Å². The minimum atomic E-state index is -3.62. The monoisotopic (exact) mass is 297 g/mol. The van der Waals surface area contributed by atoms with Crippen LogP contribution in [0.1, 0.15) is 26.2 Å². The molecule has 1 saturated carbocycles. The van der Waals surface area contributed by atoms with Crippen LogP contribution in [0.5, 0.6) is 0 Å². The zero-order valence-electron chi connectivity index (χ0n) is 11.8. The molecule has 0 bridgehead atoms. The minimum Gasteiger partial charge on any atom is -0.368 e. The molecule has 1 aliphatic rings. The van der Waals surface area contributed by atoms with E-state index in [4.69, 9.17) is 10.9 Å². The first-order chi connectivity index (χ1) is 9.47. The lowest BCUT2D eigenvalue weighted by molar-refractivity contribution is 0.462. The molecule has 6 heteroatoms. The lowest BCUT2D eigenvalue weighted by atomic mass is 10.0. The van der Waals surface area contributed by atoms with Crippen LogP contribution in [-0.2, 0) is 10.0 Å². The number of primary sulfonamides is 1. The molecule has 0 aliphatic heterocycles. The van der Waals surface area contributed by atoms with Crippen molar-refractivity contribution in [3.05, 3.63) is 24.3 Å². The highest BCUT2D eigenvalue weighted by atomic mass is 32.2. The van der Waals surface area contributed by atoms with Crippen LogP contribution >= 0.6 is 0 Å². The zero-order valence-corrected chi connectivity index (χ0v) is 12.6. The van der Waals surface area contributed by atoms with Crippen molar-refractivity contribution in [1.29, 1.82) is 0 Å². The Labute approximate surface area is 121 Å². The van der Waals surface area contributed by atoms with Gasteiger partial charge in [0.05, 0.1) is 4.90 Å². The molecule has 112 valence electrons. The van der Waals surface area contributed by atoms with Gasteiger partial charge < -0.3 is 10.6 Å². The Morgan fingerprint density at radius 2 is 1.90 bits per heavy atom. The van der Waals surface area contributed by atoms with Crippen LogP contribution in [0, 0.1) is 5.92 Å². The van der Waals surface area contributed by atoms with Crippen LogP contribution in [0.2, 0.25) is 0 Å². The van der Waals surface area contributed by atoms with E-state index in [1.165, 1.54) is 12.8 Å². The van der Waals surface area contributed by atoms with Crippen molar-refractivity contribution >= 4 is 15.7 Å². The predicted molar refractivity (Wildman–Crippen MR) is 81.0 cm³/mol. The number of nitrogens with zero attached hydrogens (tertiary/aromatic N) is 1. The summed E-state index contributed by atoms with van der Waals surface area (Å²) in [7, 11) is -3.62. The van der Waals surface area contributed by atoms with E-state index in [-0.39, 0.29) is 4.90 Å². The highest BCUT2D eigenvalue weighted by molar-refractivity contribution is 7.89. The van der Waals surface area contributed by atoms with Gasteiger partial charge in [0.2, 0.25) is 10.0 Å². The van der Waals surface area contributed by atoms with Crippen molar-refractivity contribution in [2.75, 3.05) is 18.0 Å². The Kier molecular flexibility index (Phi) is 4.67. The van der Waals surface area contributed by atoms with E-state index in [1.54, 1.807) is 12.1 Å². The van der Waals surface area contributed by atoms with E-state index in [1.807, 2.05) is 12.1 Å². The van der Waals surface area contributed by atoms with Crippen LogP contribution in [0.3, 0.4) is 0 Å². The zero-order chi connectivity index (χ0) is 14.8. The van der Waals surface area contributed by atoms with Gasteiger partial charge in [-0.1, -0.05) is 6.42 Å². The lowest BCUT2D eigenvalue weighted by Crippen LogP contribution is -2.40. The van der Waals surface area contributed by atoms with Crippen LogP contribution in [0.4, 0.5) is 5.69 Å². The minimum absolute atomic E-state index is 0.152. The summed E-state index contributed by atoms with van der Waals surface area (Å²) in [4.78, 5) is 2.47. The van der Waals surface area contributed by atoms with Gasteiger partial charge in [-0.3, -0.25) is 0 Å². The fourth-order valence-electron chi connectivity index (χ4n) is 3.14. The van der Waals surface area contributed by atoms with E-state index in [9.17, 15) is 8.42 Å². The molecule has 0 heterocycles. The van der Waals surface area contributed by atoms with Crippen molar-refractivity contribution < 1.29 is 8.42 Å². The fourth-order valence-corrected chi connectivity index (χ4v) is 3.65. The first-order valence-corrected chi connectivity index (χ1v) is 8.61. The molecule has 0 saturated heterocycles. The molecular weight excluding hydrogens is 274 g/mol. The molecular formula is C14H23N3O2S. The Morgan fingerprint density at radius 1 is 1.25 bits per heavy atom. The molecule has 0 spiro atoms. The van der Waals surface area contributed by atoms with Gasteiger partial charge in [-0.2, -0.15) is 0 Å². The summed E-state index contributed by atoms with van der Waals surface area (Å²) in [6.45, 7) is 3.70. The van der Waals surface area contributed by atoms with Crippen LogP contribution in [-0.4, -0.2) is 27.5 Å². The summed E-state index contributed by atoms with van der Waals surface area (Å²) in [5.74, 6) is 0.521. The largest absolute Gasteiger partial charge is 0.368 e. The number of hydrogen-bond acceptors (Lipinski definition) is 4. The van der Waals surface area contributed by atoms with Gasteiger partial charge in [-0.25, -0.2) is 13.6 Å². The van der Waals surface area contributed by atoms with Crippen molar-refractivity contribution in [1.82, 2.24) is 0 Å². The average Bonchev–Trinajstić information content (AvgIpc) is 2.87. The SMILES string of the molecule is CCN(c1ccc(S(N)(=O)=O)cc1)C1CCCC1CN. The number of rotatable bonds is 5. The summed E-state index contributed by atoms with van der Waals surface area (Å²) >= 11 is 0. The van der Waals surface area contributed by atoms with E-state index in [0.29, 0.717) is 18.5 Å². The van der Waals surface area contributed by atoms with Gasteiger partial charge in [0, 0.05) is 18.3 Å². The maximum absolute atomic E-state index is 11.3. The lowest BCUT2D eigenvalue weighted by Gasteiger charge is -2.34. The summed E-state index contributed by atoms with van der Waals surface area (Å²) in [6.07, 6.45) is 3.53. The Bertz CT molecular complexity index is 542. The number of anilines is 1. The topological polar surface area (TPSA) is 89.4 Å². The highest BCUT2D eigenvalue weighted by Gasteiger charge is 2.30. The highest BCUT2D eigenvalue weighted by Crippen LogP contribution is 2.32. The van der Waals surface area contributed by atoms with Gasteiger partial charge in [-0.15, -0.1) is 0 Å². The summed E-state index contributed by atoms with van der Waals surface area (Å²) < 4.78 is 22.6. The summed E-state index contributed by atoms with van der Waals surface area (Å²) in [5, 5.41) is 5.12. The fraction of sp³-hybridized carbons (Fsp3) is 0.571. The molecule has 20 heavy (non-hydrogen) atoms. The van der Waals surface area contributed by atoms with Crippen molar-refractivity contribution in [2.24, 2.45) is 16.8 Å². The van der Waals surface area contributed by atoms with Crippen LogP contribution in [0.25, 0.3) is 0 Å². The second kappa shape index (κ2) is 6.11. The third kappa shape index (κ3) is 3.13. The van der Waals surface area contributed by atoms with E-state index < -0.39 is 10.0 Å².